The molecule has 0 unspecified atom stereocenters. The molecule has 4 aliphatic rings. The second kappa shape index (κ2) is 7.33. The predicted molar refractivity (Wildman–Crippen MR) is 123 cm³/mol. The van der Waals surface area contributed by atoms with Crippen LogP contribution in [0.5, 0.6) is 0 Å². The summed E-state index contributed by atoms with van der Waals surface area (Å²) in [5.74, 6) is 2.03. The highest BCUT2D eigenvalue weighted by Crippen LogP contribution is 2.60. The number of hydrogen-bond donors (Lipinski definition) is 2. The number of carbonyl (C=O) groups excluding carboxylic acids is 1. The number of non-ortho nitro benzene ring substituents is 1. The number of nitrogens with zero attached hydrogens (tertiary/aromatic N) is 2. The van der Waals surface area contributed by atoms with Gasteiger partial charge in [0.15, 0.2) is 5.16 Å². The van der Waals surface area contributed by atoms with Gasteiger partial charge in [0, 0.05) is 22.7 Å². The molecule has 0 spiro atoms. The van der Waals surface area contributed by atoms with E-state index in [4.69, 9.17) is 0 Å². The molecular weight excluding hydrogens is 424 g/mol. The molecule has 4 saturated carbocycles. The van der Waals surface area contributed by atoms with Crippen molar-refractivity contribution < 1.29 is 9.72 Å². The van der Waals surface area contributed by atoms with Gasteiger partial charge in [-0.25, -0.2) is 4.98 Å². The third-order valence-corrected chi connectivity index (χ3v) is 8.32. The zero-order chi connectivity index (χ0) is 21.9. The number of nitro groups is 1. The lowest BCUT2D eigenvalue weighted by Crippen LogP contribution is -2.51. The molecule has 0 aliphatic heterocycles. The molecule has 8 heteroatoms. The van der Waals surface area contributed by atoms with Crippen LogP contribution in [0.15, 0.2) is 52.5 Å². The topological polar surface area (TPSA) is 101 Å². The Morgan fingerprint density at radius 3 is 2.44 bits per heavy atom. The first kappa shape index (κ1) is 19.8. The molecule has 3 aromatic rings. The van der Waals surface area contributed by atoms with Gasteiger partial charge in [-0.15, -0.1) is 0 Å². The number of nitrogens with one attached hydrogen (secondary N) is 2. The number of nitro benzene ring substituents is 1. The Morgan fingerprint density at radius 2 is 1.78 bits per heavy atom. The number of imidazole rings is 1. The standard InChI is InChI=1S/C24H24N4O3S/c29-22(24-11-14-5-15(12-24)7-16(6-14)13-24)25-17-8-18(28(30)31)10-19(9-17)32-23-26-20-3-1-2-4-21(20)27-23/h1-4,8-10,14-16H,5-7,11-13H2,(H,25,29)(H,26,27). The first-order valence-corrected chi connectivity index (χ1v) is 12.0. The molecule has 4 bridgehead atoms. The molecule has 0 saturated heterocycles. The third kappa shape index (κ3) is 3.46. The lowest BCUT2D eigenvalue weighted by Gasteiger charge is -2.55. The number of aromatic amines is 1. The molecule has 4 fully saturated rings. The fourth-order valence-electron chi connectivity index (χ4n) is 6.56. The quantitative estimate of drug-likeness (QED) is 0.381. The Hall–Kier alpha value is -2.87. The predicted octanol–water partition coefficient (Wildman–Crippen LogP) is 5.78. The van der Waals surface area contributed by atoms with Crippen molar-refractivity contribution in [2.75, 3.05) is 5.32 Å². The Labute approximate surface area is 189 Å². The van der Waals surface area contributed by atoms with Crippen molar-refractivity contribution in [2.45, 2.75) is 48.6 Å². The monoisotopic (exact) mass is 448 g/mol. The minimum Gasteiger partial charge on any atom is -0.333 e. The zero-order valence-corrected chi connectivity index (χ0v) is 18.4. The summed E-state index contributed by atoms with van der Waals surface area (Å²) in [5.41, 5.74) is 1.91. The van der Waals surface area contributed by atoms with Crippen molar-refractivity contribution in [1.82, 2.24) is 9.97 Å². The fraction of sp³-hybridized carbons (Fsp3) is 0.417. The number of H-pyrrole nitrogens is 1. The summed E-state index contributed by atoms with van der Waals surface area (Å²) in [5, 5.41) is 15.3. The largest absolute Gasteiger partial charge is 0.333 e. The Morgan fingerprint density at radius 1 is 1.09 bits per heavy atom. The van der Waals surface area contributed by atoms with E-state index in [2.05, 4.69) is 15.3 Å². The Kier molecular flexibility index (Phi) is 4.54. The number of amides is 1. The summed E-state index contributed by atoms with van der Waals surface area (Å²) in [4.78, 5) is 33.0. The van der Waals surface area contributed by atoms with Crippen LogP contribution >= 0.6 is 11.8 Å². The summed E-state index contributed by atoms with van der Waals surface area (Å²) in [6, 6.07) is 12.5. The Bertz CT molecular complexity index is 1170. The van der Waals surface area contributed by atoms with Gasteiger partial charge < -0.3 is 10.3 Å². The molecule has 7 rings (SSSR count). The maximum absolute atomic E-state index is 13.4. The molecule has 164 valence electrons. The van der Waals surface area contributed by atoms with E-state index in [1.54, 1.807) is 0 Å². The van der Waals surface area contributed by atoms with Gasteiger partial charge in [-0.2, -0.15) is 0 Å². The number of carbonyl (C=O) groups is 1. The molecule has 2 N–H and O–H groups in total. The van der Waals surface area contributed by atoms with Crippen LogP contribution in [-0.2, 0) is 4.79 Å². The summed E-state index contributed by atoms with van der Waals surface area (Å²) >= 11 is 1.32. The van der Waals surface area contributed by atoms with Crippen LogP contribution in [0.4, 0.5) is 11.4 Å². The van der Waals surface area contributed by atoms with E-state index in [1.165, 1.54) is 43.2 Å². The fourth-order valence-corrected chi connectivity index (χ4v) is 7.46. The zero-order valence-electron chi connectivity index (χ0n) is 17.5. The van der Waals surface area contributed by atoms with E-state index in [0.717, 1.165) is 30.3 Å². The number of rotatable bonds is 5. The third-order valence-electron chi connectivity index (χ3n) is 7.46. The van der Waals surface area contributed by atoms with Crippen LogP contribution in [0.2, 0.25) is 0 Å². The lowest BCUT2D eigenvalue weighted by molar-refractivity contribution is -0.385. The highest BCUT2D eigenvalue weighted by molar-refractivity contribution is 7.99. The maximum Gasteiger partial charge on any atom is 0.272 e. The molecule has 0 atom stereocenters. The average Bonchev–Trinajstić information content (AvgIpc) is 3.14. The van der Waals surface area contributed by atoms with Crippen molar-refractivity contribution in [1.29, 1.82) is 0 Å². The molecule has 4 aliphatic carbocycles. The van der Waals surface area contributed by atoms with Gasteiger partial charge >= 0.3 is 0 Å². The number of fused-ring (bicyclic) bond motifs is 1. The van der Waals surface area contributed by atoms with Crippen LogP contribution in [-0.4, -0.2) is 20.8 Å². The first-order valence-electron chi connectivity index (χ1n) is 11.2. The minimum atomic E-state index is -0.414. The lowest BCUT2D eigenvalue weighted by atomic mass is 9.49. The molecule has 0 radical (unpaired) electrons. The van der Waals surface area contributed by atoms with E-state index < -0.39 is 4.92 Å². The summed E-state index contributed by atoms with van der Waals surface area (Å²) in [7, 11) is 0. The van der Waals surface area contributed by atoms with Gasteiger partial charge in [-0.3, -0.25) is 14.9 Å². The van der Waals surface area contributed by atoms with Gasteiger partial charge in [0.05, 0.1) is 21.4 Å². The maximum atomic E-state index is 13.4. The van der Waals surface area contributed by atoms with Gasteiger partial charge in [0.25, 0.3) is 5.69 Å². The smallest absolute Gasteiger partial charge is 0.272 e. The molecule has 2 aromatic carbocycles. The van der Waals surface area contributed by atoms with Crippen molar-refractivity contribution in [2.24, 2.45) is 23.2 Å². The second-order valence-electron chi connectivity index (χ2n) is 9.79. The SMILES string of the molecule is O=C(Nc1cc(Sc2nc3ccccc3[nH]2)cc([N+](=O)[O-])c1)C12CC3CC(CC(C3)C1)C2. The molecule has 1 heterocycles. The number of aromatic nitrogens is 2. The number of benzene rings is 2. The average molecular weight is 449 g/mol. The second-order valence-corrected chi connectivity index (χ2v) is 10.8. The molecule has 1 aromatic heterocycles. The van der Waals surface area contributed by atoms with E-state index in [0.29, 0.717) is 33.5 Å². The van der Waals surface area contributed by atoms with Gasteiger partial charge in [-0.05, 0) is 74.5 Å². The van der Waals surface area contributed by atoms with E-state index in [9.17, 15) is 14.9 Å². The number of anilines is 1. The van der Waals surface area contributed by atoms with Crippen molar-refractivity contribution in [3.8, 4) is 0 Å². The molecular formula is C24H24N4O3S. The van der Waals surface area contributed by atoms with Gasteiger partial charge in [0.1, 0.15) is 0 Å². The van der Waals surface area contributed by atoms with E-state index in [-0.39, 0.29) is 17.0 Å². The highest BCUT2D eigenvalue weighted by atomic mass is 32.2. The van der Waals surface area contributed by atoms with Crippen LogP contribution in [0.1, 0.15) is 38.5 Å². The summed E-state index contributed by atoms with van der Waals surface area (Å²) < 4.78 is 0. The number of hydrogen-bond acceptors (Lipinski definition) is 5. The van der Waals surface area contributed by atoms with Crippen LogP contribution < -0.4 is 5.32 Å². The molecule has 7 nitrogen and oxygen atoms in total. The van der Waals surface area contributed by atoms with Crippen LogP contribution in [0, 0.1) is 33.3 Å². The minimum absolute atomic E-state index is 0.0353. The Balaban J connectivity index is 1.27. The van der Waals surface area contributed by atoms with E-state index >= 15 is 0 Å². The van der Waals surface area contributed by atoms with Gasteiger partial charge in [-0.1, -0.05) is 23.9 Å². The molecule has 1 amide bonds. The summed E-state index contributed by atoms with van der Waals surface area (Å²) in [6.45, 7) is 0. The van der Waals surface area contributed by atoms with Crippen molar-refractivity contribution in [3.63, 3.8) is 0 Å². The normalized spacial score (nSPS) is 28.2. The highest BCUT2D eigenvalue weighted by Gasteiger charge is 2.54. The number of para-hydroxylation sites is 2. The van der Waals surface area contributed by atoms with E-state index in [1.807, 2.05) is 30.3 Å². The van der Waals surface area contributed by atoms with Crippen LogP contribution in [0.25, 0.3) is 11.0 Å². The van der Waals surface area contributed by atoms with Crippen molar-refractivity contribution >= 4 is 40.1 Å². The molecule has 32 heavy (non-hydrogen) atoms. The first-order chi connectivity index (χ1) is 15.5. The van der Waals surface area contributed by atoms with Gasteiger partial charge in [0.2, 0.25) is 5.91 Å². The van der Waals surface area contributed by atoms with Crippen LogP contribution in [0.3, 0.4) is 0 Å². The summed E-state index contributed by atoms with van der Waals surface area (Å²) in [6.07, 6.45) is 6.67. The van der Waals surface area contributed by atoms with Crippen molar-refractivity contribution in [3.05, 3.63) is 52.6 Å².